The van der Waals surface area contributed by atoms with Gasteiger partial charge < -0.3 is 19.1 Å². The lowest BCUT2D eigenvalue weighted by Crippen LogP contribution is -2.39. The number of carbonyl (C=O) groups excluding carboxylic acids is 3. The average molecular weight is 596 g/mol. The summed E-state index contributed by atoms with van der Waals surface area (Å²) in [5, 5.41) is 0. The van der Waals surface area contributed by atoms with Gasteiger partial charge in [-0.25, -0.2) is 13.6 Å². The quantitative estimate of drug-likeness (QED) is 0.317. The number of amides is 1. The fourth-order valence-electron chi connectivity index (χ4n) is 3.43. The molecule has 0 N–H and O–H groups in total. The van der Waals surface area contributed by atoms with Crippen LogP contribution in [0.2, 0.25) is 0 Å². The Bertz CT molecular complexity index is 1190. The first-order valence-electron chi connectivity index (χ1n) is 11.9. The Morgan fingerprint density at radius 3 is 1.92 bits per heavy atom. The second-order valence-corrected chi connectivity index (χ2v) is 10.4. The van der Waals surface area contributed by atoms with Crippen molar-refractivity contribution in [3.8, 4) is 0 Å². The van der Waals surface area contributed by atoms with Crippen molar-refractivity contribution in [2.45, 2.75) is 45.6 Å². The smallest absolute Gasteiger partial charge is 0.410 e. The van der Waals surface area contributed by atoms with Gasteiger partial charge in [0, 0.05) is 17.6 Å². The molecule has 0 atom stereocenters. The molecule has 38 heavy (non-hydrogen) atoms. The number of carbonyl (C=O) groups is 3. The molecular weight excluding hydrogens is 564 g/mol. The molecule has 0 fully saturated rings. The van der Waals surface area contributed by atoms with Crippen LogP contribution in [0.25, 0.3) is 5.57 Å². The van der Waals surface area contributed by atoms with Crippen LogP contribution < -0.4 is 0 Å². The summed E-state index contributed by atoms with van der Waals surface area (Å²) in [6.45, 7) is 6.43. The van der Waals surface area contributed by atoms with E-state index >= 15 is 0 Å². The number of halogens is 3. The molecule has 0 saturated heterocycles. The number of esters is 2. The van der Waals surface area contributed by atoms with Gasteiger partial charge in [-0.05, 0) is 67.7 Å². The Morgan fingerprint density at radius 1 is 0.921 bits per heavy atom. The Hall–Kier alpha value is -3.27. The lowest BCUT2D eigenvalue weighted by molar-refractivity contribution is -0.140. The van der Waals surface area contributed by atoms with Crippen LogP contribution in [0.5, 0.6) is 0 Å². The SMILES string of the molecule is COC(=O)Cc1ccc(Br)cc1F.COC(=O)Cc1ccc(C2=CCN(C(=O)OC(C)(C)C)CC2)cc1F. The fourth-order valence-corrected chi connectivity index (χ4v) is 3.77. The van der Waals surface area contributed by atoms with Crippen molar-refractivity contribution in [3.05, 3.63) is 75.3 Å². The third-order valence-electron chi connectivity index (χ3n) is 5.42. The number of ether oxygens (including phenoxy) is 3. The van der Waals surface area contributed by atoms with Gasteiger partial charge in [0.05, 0.1) is 27.1 Å². The first-order chi connectivity index (χ1) is 17.8. The third-order valence-corrected chi connectivity index (χ3v) is 5.92. The molecule has 1 aliphatic rings. The van der Waals surface area contributed by atoms with Crippen molar-refractivity contribution in [1.29, 1.82) is 0 Å². The van der Waals surface area contributed by atoms with Crippen molar-refractivity contribution < 1.29 is 37.4 Å². The predicted molar refractivity (Wildman–Crippen MR) is 142 cm³/mol. The van der Waals surface area contributed by atoms with Gasteiger partial charge in [-0.1, -0.05) is 40.2 Å². The zero-order valence-electron chi connectivity index (χ0n) is 22.1. The van der Waals surface area contributed by atoms with Gasteiger partial charge in [0.25, 0.3) is 0 Å². The fraction of sp³-hybridized carbons (Fsp3) is 0.393. The van der Waals surface area contributed by atoms with Crippen LogP contribution in [-0.2, 0) is 36.6 Å². The van der Waals surface area contributed by atoms with Crippen LogP contribution in [0.1, 0.15) is 43.9 Å². The number of benzene rings is 2. The molecule has 0 aliphatic carbocycles. The number of rotatable bonds is 5. The van der Waals surface area contributed by atoms with Gasteiger partial charge in [0.2, 0.25) is 0 Å². The van der Waals surface area contributed by atoms with E-state index in [0.29, 0.717) is 35.1 Å². The summed E-state index contributed by atoms with van der Waals surface area (Å²) >= 11 is 3.12. The van der Waals surface area contributed by atoms with Gasteiger partial charge in [-0.3, -0.25) is 9.59 Å². The van der Waals surface area contributed by atoms with Crippen molar-refractivity contribution in [1.82, 2.24) is 4.90 Å². The second kappa shape index (κ2) is 14.0. The first-order valence-corrected chi connectivity index (χ1v) is 12.7. The molecule has 1 aliphatic heterocycles. The number of nitrogens with zero attached hydrogens (tertiary/aromatic N) is 1. The Kier molecular flexibility index (Phi) is 11.4. The molecule has 2 aromatic carbocycles. The standard InChI is InChI=1S/C19H24FNO4.C9H8BrFO2/c1-19(2,3)25-18(23)21-9-7-13(8-10-21)14-5-6-15(16(20)11-14)12-17(22)24-4;1-13-9(12)4-6-2-3-7(10)5-8(6)11/h5-7,11H,8-10,12H2,1-4H3;2-3,5H,4H2,1H3. The monoisotopic (exact) mass is 595 g/mol. The van der Waals surface area contributed by atoms with E-state index in [0.717, 1.165) is 11.1 Å². The number of hydrogen-bond donors (Lipinski definition) is 0. The molecule has 0 saturated carbocycles. The third kappa shape index (κ3) is 9.89. The van der Waals surface area contributed by atoms with Crippen molar-refractivity contribution in [2.75, 3.05) is 27.3 Å². The molecule has 206 valence electrons. The van der Waals surface area contributed by atoms with E-state index in [1.54, 1.807) is 29.2 Å². The highest BCUT2D eigenvalue weighted by Crippen LogP contribution is 2.25. The van der Waals surface area contributed by atoms with E-state index in [2.05, 4.69) is 25.4 Å². The van der Waals surface area contributed by atoms with Crippen molar-refractivity contribution in [3.63, 3.8) is 0 Å². The topological polar surface area (TPSA) is 82.1 Å². The molecule has 0 radical (unpaired) electrons. The average Bonchev–Trinajstić information content (AvgIpc) is 2.86. The van der Waals surface area contributed by atoms with E-state index in [1.165, 1.54) is 26.4 Å². The molecule has 0 bridgehead atoms. The lowest BCUT2D eigenvalue weighted by Gasteiger charge is -2.29. The van der Waals surface area contributed by atoms with Crippen LogP contribution >= 0.6 is 15.9 Å². The highest BCUT2D eigenvalue weighted by molar-refractivity contribution is 9.10. The van der Waals surface area contributed by atoms with E-state index in [-0.39, 0.29) is 18.9 Å². The minimum Gasteiger partial charge on any atom is -0.469 e. The van der Waals surface area contributed by atoms with E-state index in [1.807, 2.05) is 26.8 Å². The maximum atomic E-state index is 14.2. The minimum atomic E-state index is -0.528. The second-order valence-electron chi connectivity index (χ2n) is 9.45. The van der Waals surface area contributed by atoms with Gasteiger partial charge in [-0.2, -0.15) is 0 Å². The van der Waals surface area contributed by atoms with E-state index in [4.69, 9.17) is 4.74 Å². The summed E-state index contributed by atoms with van der Waals surface area (Å²) < 4.78 is 42.3. The summed E-state index contributed by atoms with van der Waals surface area (Å²) in [4.78, 5) is 35.8. The van der Waals surface area contributed by atoms with Crippen LogP contribution in [0.4, 0.5) is 13.6 Å². The van der Waals surface area contributed by atoms with Gasteiger partial charge in [0.1, 0.15) is 17.2 Å². The van der Waals surface area contributed by atoms with E-state index in [9.17, 15) is 23.2 Å². The lowest BCUT2D eigenvalue weighted by atomic mass is 9.97. The molecule has 3 rings (SSSR count). The van der Waals surface area contributed by atoms with Gasteiger partial charge in [0.15, 0.2) is 0 Å². The van der Waals surface area contributed by atoms with Crippen LogP contribution in [0.15, 0.2) is 46.9 Å². The number of hydrogen-bond acceptors (Lipinski definition) is 6. The molecule has 1 amide bonds. The molecule has 0 aromatic heterocycles. The summed E-state index contributed by atoms with van der Waals surface area (Å²) in [5.74, 6) is -1.75. The van der Waals surface area contributed by atoms with Crippen molar-refractivity contribution in [2.24, 2.45) is 0 Å². The maximum Gasteiger partial charge on any atom is 0.410 e. The minimum absolute atomic E-state index is 0.0321. The van der Waals surface area contributed by atoms with Crippen LogP contribution in [-0.4, -0.2) is 55.8 Å². The largest absolute Gasteiger partial charge is 0.469 e. The molecule has 10 heteroatoms. The van der Waals surface area contributed by atoms with Gasteiger partial charge >= 0.3 is 18.0 Å². The predicted octanol–water partition coefficient (Wildman–Crippen LogP) is 5.87. The molecular formula is C28H32BrF2NO6. The zero-order chi connectivity index (χ0) is 28.5. The highest BCUT2D eigenvalue weighted by Gasteiger charge is 2.24. The Labute approximate surface area is 229 Å². The normalized spacial score (nSPS) is 13.1. The molecule has 0 spiro atoms. The van der Waals surface area contributed by atoms with Crippen LogP contribution in [0, 0.1) is 11.6 Å². The highest BCUT2D eigenvalue weighted by atomic mass is 79.9. The Balaban J connectivity index is 0.000000328. The maximum absolute atomic E-state index is 14.2. The summed E-state index contributed by atoms with van der Waals surface area (Å²) in [5.41, 5.74) is 1.86. The molecule has 0 unspecified atom stereocenters. The van der Waals surface area contributed by atoms with Crippen molar-refractivity contribution >= 4 is 39.5 Å². The molecule has 2 aromatic rings. The summed E-state index contributed by atoms with van der Waals surface area (Å²) in [7, 11) is 2.55. The summed E-state index contributed by atoms with van der Waals surface area (Å²) in [6, 6.07) is 9.36. The van der Waals surface area contributed by atoms with Crippen LogP contribution in [0.3, 0.4) is 0 Å². The zero-order valence-corrected chi connectivity index (χ0v) is 23.7. The Morgan fingerprint density at radius 2 is 1.47 bits per heavy atom. The van der Waals surface area contributed by atoms with Gasteiger partial charge in [-0.15, -0.1) is 0 Å². The summed E-state index contributed by atoms with van der Waals surface area (Å²) in [6.07, 6.45) is 2.06. The number of methoxy groups -OCH3 is 2. The first kappa shape index (κ1) is 31.0. The molecule has 7 nitrogen and oxygen atoms in total. The van der Waals surface area contributed by atoms with E-state index < -0.39 is 29.2 Å². The molecule has 1 heterocycles.